The van der Waals surface area contributed by atoms with Crippen LogP contribution < -0.4 is 0 Å². The van der Waals surface area contributed by atoms with Crippen molar-refractivity contribution >= 4 is 17.7 Å². The molecule has 0 aliphatic carbocycles. The SMILES string of the molecule is C/C=C\SCC(C)N1CCN(C2CC(=O)N(Cc3ccccc3)C2)CC1. The summed E-state index contributed by atoms with van der Waals surface area (Å²) in [5, 5.41) is 2.18. The van der Waals surface area contributed by atoms with Crippen LogP contribution in [-0.4, -0.2) is 71.2 Å². The molecule has 0 radical (unpaired) electrons. The van der Waals surface area contributed by atoms with Gasteiger partial charge in [-0.25, -0.2) is 0 Å². The first-order chi connectivity index (χ1) is 12.7. The van der Waals surface area contributed by atoms with Crippen molar-refractivity contribution < 1.29 is 4.79 Å². The lowest BCUT2D eigenvalue weighted by Gasteiger charge is -2.40. The van der Waals surface area contributed by atoms with Gasteiger partial charge in [0.1, 0.15) is 0 Å². The molecule has 2 unspecified atom stereocenters. The fourth-order valence-electron chi connectivity index (χ4n) is 3.89. The van der Waals surface area contributed by atoms with Gasteiger partial charge >= 0.3 is 0 Å². The molecule has 0 saturated carbocycles. The summed E-state index contributed by atoms with van der Waals surface area (Å²) in [6.45, 7) is 10.4. The van der Waals surface area contributed by atoms with Crippen molar-refractivity contribution in [2.45, 2.75) is 38.9 Å². The Hall–Kier alpha value is -1.30. The molecule has 4 nitrogen and oxygen atoms in total. The summed E-state index contributed by atoms with van der Waals surface area (Å²) in [5.41, 5.74) is 1.22. The highest BCUT2D eigenvalue weighted by Crippen LogP contribution is 2.22. The standard InChI is InChI=1S/C21H31N3OS/c1-3-13-26-17-18(2)22-9-11-23(12-10-22)20-14-21(25)24(16-20)15-19-7-5-4-6-8-19/h3-8,13,18,20H,9-12,14-17H2,1-2H3/b13-3-. The van der Waals surface area contributed by atoms with Crippen LogP contribution in [0.4, 0.5) is 0 Å². The Morgan fingerprint density at radius 1 is 1.19 bits per heavy atom. The van der Waals surface area contributed by atoms with Crippen LogP contribution in [0.15, 0.2) is 41.8 Å². The van der Waals surface area contributed by atoms with Gasteiger partial charge in [0.05, 0.1) is 0 Å². The minimum atomic E-state index is 0.303. The molecule has 2 heterocycles. The van der Waals surface area contributed by atoms with Gasteiger partial charge in [0.25, 0.3) is 0 Å². The fourth-order valence-corrected chi connectivity index (χ4v) is 4.69. The smallest absolute Gasteiger partial charge is 0.224 e. The second-order valence-electron chi connectivity index (χ2n) is 7.34. The maximum atomic E-state index is 12.4. The second-order valence-corrected chi connectivity index (χ2v) is 8.28. The third-order valence-electron chi connectivity index (χ3n) is 5.47. The van der Waals surface area contributed by atoms with Crippen molar-refractivity contribution in [1.82, 2.24) is 14.7 Å². The zero-order valence-corrected chi connectivity index (χ0v) is 16.8. The van der Waals surface area contributed by atoms with Crippen LogP contribution in [0.5, 0.6) is 0 Å². The highest BCUT2D eigenvalue weighted by molar-refractivity contribution is 8.02. The van der Waals surface area contributed by atoms with E-state index in [4.69, 9.17) is 0 Å². The average molecular weight is 374 g/mol. The van der Waals surface area contributed by atoms with Crippen LogP contribution in [0.1, 0.15) is 25.8 Å². The molecule has 2 atom stereocenters. The van der Waals surface area contributed by atoms with E-state index in [1.165, 1.54) is 5.56 Å². The van der Waals surface area contributed by atoms with Crippen molar-refractivity contribution in [3.63, 3.8) is 0 Å². The van der Waals surface area contributed by atoms with Crippen molar-refractivity contribution in [2.75, 3.05) is 38.5 Å². The van der Waals surface area contributed by atoms with E-state index < -0.39 is 0 Å². The first-order valence-electron chi connectivity index (χ1n) is 9.70. The molecule has 0 spiro atoms. The predicted octanol–water partition coefficient (Wildman–Crippen LogP) is 3.06. The number of benzene rings is 1. The monoisotopic (exact) mass is 373 g/mol. The Balaban J connectivity index is 1.45. The summed E-state index contributed by atoms with van der Waals surface area (Å²) in [6, 6.07) is 11.3. The number of rotatable bonds is 7. The van der Waals surface area contributed by atoms with Crippen molar-refractivity contribution in [1.29, 1.82) is 0 Å². The Kier molecular flexibility index (Phi) is 7.17. The van der Waals surface area contributed by atoms with Crippen molar-refractivity contribution in [2.24, 2.45) is 0 Å². The van der Waals surface area contributed by atoms with E-state index in [-0.39, 0.29) is 0 Å². The van der Waals surface area contributed by atoms with Gasteiger partial charge < -0.3 is 4.90 Å². The number of hydrogen-bond donors (Lipinski definition) is 0. The fraction of sp³-hybridized carbons (Fsp3) is 0.571. The topological polar surface area (TPSA) is 26.8 Å². The van der Waals surface area contributed by atoms with Gasteiger partial charge in [-0.15, -0.1) is 11.8 Å². The number of carbonyl (C=O) groups excluding carboxylic acids is 1. The summed E-state index contributed by atoms with van der Waals surface area (Å²) in [7, 11) is 0. The average Bonchev–Trinajstić information content (AvgIpc) is 3.03. The van der Waals surface area contributed by atoms with Crippen LogP contribution in [0.25, 0.3) is 0 Å². The van der Waals surface area contributed by atoms with Gasteiger partial charge in [-0.05, 0) is 24.8 Å². The lowest BCUT2D eigenvalue weighted by atomic mass is 10.1. The lowest BCUT2D eigenvalue weighted by Crippen LogP contribution is -2.53. The zero-order valence-electron chi connectivity index (χ0n) is 16.0. The number of likely N-dealkylation sites (tertiary alicyclic amines) is 1. The minimum Gasteiger partial charge on any atom is -0.337 e. The number of allylic oxidation sites excluding steroid dienone is 1. The molecule has 5 heteroatoms. The van der Waals surface area contributed by atoms with E-state index in [0.717, 1.165) is 45.0 Å². The second kappa shape index (κ2) is 9.58. The molecule has 3 rings (SSSR count). The Labute approximate surface area is 162 Å². The predicted molar refractivity (Wildman–Crippen MR) is 110 cm³/mol. The summed E-state index contributed by atoms with van der Waals surface area (Å²) in [5.74, 6) is 1.45. The Bertz CT molecular complexity index is 599. The zero-order chi connectivity index (χ0) is 18.4. The molecule has 26 heavy (non-hydrogen) atoms. The van der Waals surface area contributed by atoms with Gasteiger partial charge in [0.15, 0.2) is 0 Å². The van der Waals surface area contributed by atoms with Crippen LogP contribution in [0, 0.1) is 0 Å². The minimum absolute atomic E-state index is 0.303. The molecular weight excluding hydrogens is 342 g/mol. The highest BCUT2D eigenvalue weighted by atomic mass is 32.2. The van der Waals surface area contributed by atoms with E-state index in [1.807, 2.05) is 34.9 Å². The highest BCUT2D eigenvalue weighted by Gasteiger charge is 2.35. The van der Waals surface area contributed by atoms with Gasteiger partial charge in [0, 0.05) is 63.5 Å². The molecule has 0 aromatic heterocycles. The van der Waals surface area contributed by atoms with E-state index in [2.05, 4.69) is 47.3 Å². The molecular formula is C21H31N3OS. The molecule has 0 N–H and O–H groups in total. The van der Waals surface area contributed by atoms with Crippen molar-refractivity contribution in [3.8, 4) is 0 Å². The summed E-state index contributed by atoms with van der Waals surface area (Å²) in [4.78, 5) is 19.6. The first-order valence-corrected chi connectivity index (χ1v) is 10.7. The first kappa shape index (κ1) is 19.5. The molecule has 2 saturated heterocycles. The molecule has 142 valence electrons. The number of carbonyl (C=O) groups is 1. The Morgan fingerprint density at radius 3 is 2.62 bits per heavy atom. The molecule has 2 fully saturated rings. The lowest BCUT2D eigenvalue weighted by molar-refractivity contribution is -0.128. The number of hydrogen-bond acceptors (Lipinski definition) is 4. The third kappa shape index (κ3) is 5.12. The van der Waals surface area contributed by atoms with Gasteiger partial charge in [-0.3, -0.25) is 14.6 Å². The van der Waals surface area contributed by atoms with Crippen LogP contribution in [-0.2, 0) is 11.3 Å². The molecule has 0 bridgehead atoms. The Morgan fingerprint density at radius 2 is 1.92 bits per heavy atom. The van der Waals surface area contributed by atoms with E-state index >= 15 is 0 Å². The van der Waals surface area contributed by atoms with E-state index in [1.54, 1.807) is 0 Å². The summed E-state index contributed by atoms with van der Waals surface area (Å²) in [6.07, 6.45) is 2.78. The van der Waals surface area contributed by atoms with Gasteiger partial charge in [-0.1, -0.05) is 36.4 Å². The molecule has 1 aromatic rings. The molecule has 2 aliphatic heterocycles. The number of thioether (sulfide) groups is 1. The summed E-state index contributed by atoms with van der Waals surface area (Å²) >= 11 is 1.90. The van der Waals surface area contributed by atoms with E-state index in [0.29, 0.717) is 24.4 Å². The summed E-state index contributed by atoms with van der Waals surface area (Å²) < 4.78 is 0. The molecule has 2 aliphatic rings. The third-order valence-corrected chi connectivity index (χ3v) is 6.61. The van der Waals surface area contributed by atoms with Crippen LogP contribution >= 0.6 is 11.8 Å². The van der Waals surface area contributed by atoms with Gasteiger partial charge in [-0.2, -0.15) is 0 Å². The maximum Gasteiger partial charge on any atom is 0.224 e. The van der Waals surface area contributed by atoms with Crippen LogP contribution in [0.2, 0.25) is 0 Å². The normalized spacial score (nSPS) is 23.8. The largest absolute Gasteiger partial charge is 0.337 e. The number of nitrogens with zero attached hydrogens (tertiary/aromatic N) is 3. The van der Waals surface area contributed by atoms with E-state index in [9.17, 15) is 4.79 Å². The molecule has 1 aromatic carbocycles. The van der Waals surface area contributed by atoms with Crippen molar-refractivity contribution in [3.05, 3.63) is 47.4 Å². The quantitative estimate of drug-likeness (QED) is 0.734. The van der Waals surface area contributed by atoms with Crippen LogP contribution in [0.3, 0.4) is 0 Å². The maximum absolute atomic E-state index is 12.4. The van der Waals surface area contributed by atoms with Gasteiger partial charge in [0.2, 0.25) is 5.91 Å². The number of amides is 1. The number of piperazine rings is 1. The molecule has 1 amide bonds.